The maximum absolute atomic E-state index is 13.0. The molecule has 4 fully saturated rings. The maximum atomic E-state index is 13.0. The number of carbonyl (C=O) groups is 1. The Labute approximate surface area is 121 Å². The second-order valence-electron chi connectivity index (χ2n) is 8.11. The monoisotopic (exact) mass is 277 g/mol. The van der Waals surface area contributed by atoms with Gasteiger partial charge in [-0.1, -0.05) is 33.1 Å². The SMILES string of the molecule is C[C@@]12CC[C@H]3C[C@@]1(C(=O)NC1CCCCC1)OC[C@@]32C. The van der Waals surface area contributed by atoms with Gasteiger partial charge in [0.25, 0.3) is 5.91 Å². The summed E-state index contributed by atoms with van der Waals surface area (Å²) in [4.78, 5) is 13.0. The minimum atomic E-state index is -0.512. The van der Waals surface area contributed by atoms with Crippen LogP contribution in [-0.2, 0) is 9.53 Å². The van der Waals surface area contributed by atoms with E-state index in [-0.39, 0.29) is 16.7 Å². The molecule has 3 aliphatic carbocycles. The fourth-order valence-electron chi connectivity index (χ4n) is 5.81. The van der Waals surface area contributed by atoms with Gasteiger partial charge in [-0.25, -0.2) is 0 Å². The van der Waals surface area contributed by atoms with Crippen LogP contribution in [0.2, 0.25) is 0 Å². The van der Waals surface area contributed by atoms with E-state index < -0.39 is 5.60 Å². The standard InChI is InChI=1S/C17H27NO2/c1-15-11-20-17(10-12(15)8-9-16(15,17)2)14(19)18-13-6-4-3-5-7-13/h12-13H,3-11H2,1-2H3,(H,18,19)/t12-,15-,16-,17-/m0/s1. The van der Waals surface area contributed by atoms with Gasteiger partial charge in [0.2, 0.25) is 0 Å². The molecule has 0 aromatic heterocycles. The van der Waals surface area contributed by atoms with Gasteiger partial charge < -0.3 is 10.1 Å². The zero-order valence-corrected chi connectivity index (χ0v) is 12.8. The van der Waals surface area contributed by atoms with E-state index in [0.29, 0.717) is 12.0 Å². The number of rotatable bonds is 2. The lowest BCUT2D eigenvalue weighted by Crippen LogP contribution is -2.57. The first-order valence-corrected chi connectivity index (χ1v) is 8.47. The molecule has 4 rings (SSSR count). The molecule has 4 atom stereocenters. The third kappa shape index (κ3) is 1.33. The summed E-state index contributed by atoms with van der Waals surface area (Å²) in [6.07, 6.45) is 9.55. The lowest BCUT2D eigenvalue weighted by molar-refractivity contribution is -0.156. The predicted molar refractivity (Wildman–Crippen MR) is 77.3 cm³/mol. The fraction of sp³-hybridized carbons (Fsp3) is 0.941. The summed E-state index contributed by atoms with van der Waals surface area (Å²) in [5.74, 6) is 0.899. The van der Waals surface area contributed by atoms with E-state index in [1.165, 1.54) is 25.7 Å². The van der Waals surface area contributed by atoms with Crippen molar-refractivity contribution in [1.82, 2.24) is 5.32 Å². The highest BCUT2D eigenvalue weighted by Crippen LogP contribution is 2.75. The topological polar surface area (TPSA) is 38.3 Å². The average molecular weight is 277 g/mol. The van der Waals surface area contributed by atoms with E-state index in [2.05, 4.69) is 19.2 Å². The zero-order chi connectivity index (χ0) is 14.0. The lowest BCUT2D eigenvalue weighted by atomic mass is 9.66. The number of hydrogen-bond donors (Lipinski definition) is 1. The first-order chi connectivity index (χ1) is 9.52. The Balaban J connectivity index is 1.57. The highest BCUT2D eigenvalue weighted by atomic mass is 16.5. The van der Waals surface area contributed by atoms with Crippen molar-refractivity contribution < 1.29 is 9.53 Å². The van der Waals surface area contributed by atoms with E-state index in [1.54, 1.807) is 0 Å². The summed E-state index contributed by atoms with van der Waals surface area (Å²) in [5, 5.41) is 3.34. The van der Waals surface area contributed by atoms with Crippen LogP contribution in [0.15, 0.2) is 0 Å². The van der Waals surface area contributed by atoms with E-state index in [0.717, 1.165) is 32.3 Å². The molecular formula is C17H27NO2. The van der Waals surface area contributed by atoms with Crippen LogP contribution < -0.4 is 5.32 Å². The molecule has 112 valence electrons. The summed E-state index contributed by atoms with van der Waals surface area (Å²) in [6, 6.07) is 0.392. The molecule has 0 spiro atoms. The summed E-state index contributed by atoms with van der Waals surface area (Å²) in [5.41, 5.74) is -0.220. The molecule has 20 heavy (non-hydrogen) atoms. The van der Waals surface area contributed by atoms with Gasteiger partial charge in [0.05, 0.1) is 6.61 Å². The van der Waals surface area contributed by atoms with Crippen LogP contribution in [0.4, 0.5) is 0 Å². The zero-order valence-electron chi connectivity index (χ0n) is 12.8. The summed E-state index contributed by atoms with van der Waals surface area (Å²) in [7, 11) is 0. The molecule has 0 radical (unpaired) electrons. The Bertz CT molecular complexity index is 444. The highest BCUT2D eigenvalue weighted by molar-refractivity contribution is 5.88. The van der Waals surface area contributed by atoms with Gasteiger partial charge in [-0.3, -0.25) is 4.79 Å². The van der Waals surface area contributed by atoms with Crippen LogP contribution in [0, 0.1) is 16.7 Å². The minimum absolute atomic E-state index is 0.0589. The van der Waals surface area contributed by atoms with Gasteiger partial charge in [-0.05, 0) is 38.0 Å². The molecule has 1 aliphatic heterocycles. The molecule has 0 unspecified atom stereocenters. The Morgan fingerprint density at radius 2 is 1.90 bits per heavy atom. The molecular weight excluding hydrogens is 250 g/mol. The molecule has 0 aromatic rings. The van der Waals surface area contributed by atoms with Crippen LogP contribution in [0.1, 0.15) is 65.2 Å². The molecule has 1 N–H and O–H groups in total. The first-order valence-electron chi connectivity index (χ1n) is 8.47. The molecule has 3 saturated carbocycles. The Hall–Kier alpha value is -0.570. The van der Waals surface area contributed by atoms with Crippen LogP contribution >= 0.6 is 0 Å². The highest BCUT2D eigenvalue weighted by Gasteiger charge is 2.78. The third-order valence-corrected chi connectivity index (χ3v) is 7.51. The molecule has 0 aromatic carbocycles. The largest absolute Gasteiger partial charge is 0.364 e. The molecule has 4 bridgehead atoms. The van der Waals surface area contributed by atoms with Crippen molar-refractivity contribution in [3.05, 3.63) is 0 Å². The number of carbonyl (C=O) groups excluding carboxylic acids is 1. The maximum Gasteiger partial charge on any atom is 0.253 e. The van der Waals surface area contributed by atoms with Gasteiger partial charge in [0.1, 0.15) is 0 Å². The van der Waals surface area contributed by atoms with Gasteiger partial charge in [-0.15, -0.1) is 0 Å². The van der Waals surface area contributed by atoms with E-state index in [4.69, 9.17) is 4.74 Å². The van der Waals surface area contributed by atoms with Gasteiger partial charge in [0, 0.05) is 16.9 Å². The van der Waals surface area contributed by atoms with Crippen LogP contribution in [0.25, 0.3) is 0 Å². The predicted octanol–water partition coefficient (Wildman–Crippen LogP) is 3.03. The number of ether oxygens (including phenoxy) is 1. The average Bonchev–Trinajstić information content (AvgIpc) is 2.92. The molecule has 1 amide bonds. The second kappa shape index (κ2) is 4.00. The van der Waals surface area contributed by atoms with Gasteiger partial charge in [0.15, 0.2) is 5.60 Å². The minimum Gasteiger partial charge on any atom is -0.364 e. The van der Waals surface area contributed by atoms with Crippen molar-refractivity contribution in [3.63, 3.8) is 0 Å². The molecule has 1 saturated heterocycles. The molecule has 4 aliphatic rings. The molecule has 1 heterocycles. The summed E-state index contributed by atoms with van der Waals surface area (Å²) < 4.78 is 6.17. The van der Waals surface area contributed by atoms with Crippen molar-refractivity contribution in [1.29, 1.82) is 0 Å². The van der Waals surface area contributed by atoms with Crippen LogP contribution in [0.3, 0.4) is 0 Å². The smallest absolute Gasteiger partial charge is 0.253 e. The summed E-state index contributed by atoms with van der Waals surface area (Å²) >= 11 is 0. The number of nitrogens with one attached hydrogen (secondary N) is 1. The Kier molecular flexibility index (Phi) is 2.62. The molecule has 3 heteroatoms. The van der Waals surface area contributed by atoms with Crippen molar-refractivity contribution in [2.75, 3.05) is 6.61 Å². The van der Waals surface area contributed by atoms with Crippen LogP contribution in [0.5, 0.6) is 0 Å². The van der Waals surface area contributed by atoms with Crippen molar-refractivity contribution in [2.24, 2.45) is 16.7 Å². The van der Waals surface area contributed by atoms with Gasteiger partial charge >= 0.3 is 0 Å². The van der Waals surface area contributed by atoms with E-state index >= 15 is 0 Å². The quantitative estimate of drug-likeness (QED) is 0.842. The van der Waals surface area contributed by atoms with Crippen molar-refractivity contribution >= 4 is 5.91 Å². The normalized spacial score (nSPS) is 50.6. The lowest BCUT2D eigenvalue weighted by Gasteiger charge is -2.41. The summed E-state index contributed by atoms with van der Waals surface area (Å²) in [6.45, 7) is 5.45. The van der Waals surface area contributed by atoms with Crippen molar-refractivity contribution in [3.8, 4) is 0 Å². The van der Waals surface area contributed by atoms with E-state index in [1.807, 2.05) is 0 Å². The Morgan fingerprint density at radius 3 is 2.55 bits per heavy atom. The van der Waals surface area contributed by atoms with E-state index in [9.17, 15) is 4.79 Å². The number of hydrogen-bond acceptors (Lipinski definition) is 2. The van der Waals surface area contributed by atoms with Gasteiger partial charge in [-0.2, -0.15) is 0 Å². The second-order valence-corrected chi connectivity index (χ2v) is 8.11. The Morgan fingerprint density at radius 1 is 1.15 bits per heavy atom. The van der Waals surface area contributed by atoms with Crippen LogP contribution in [-0.4, -0.2) is 24.2 Å². The fourth-order valence-corrected chi connectivity index (χ4v) is 5.81. The van der Waals surface area contributed by atoms with Crippen molar-refractivity contribution in [2.45, 2.75) is 76.9 Å². The number of amides is 1. The molecule has 3 nitrogen and oxygen atoms in total. The third-order valence-electron chi connectivity index (χ3n) is 7.51. The first kappa shape index (κ1) is 13.1.